The van der Waals surface area contributed by atoms with Crippen molar-refractivity contribution in [1.29, 1.82) is 0 Å². The van der Waals surface area contributed by atoms with Crippen molar-refractivity contribution in [3.63, 3.8) is 0 Å². The minimum Gasteiger partial charge on any atom is -0.493 e. The number of carbonyl (C=O) groups is 2. The second kappa shape index (κ2) is 22.9. The van der Waals surface area contributed by atoms with Gasteiger partial charge in [0.2, 0.25) is 0 Å². The molecule has 2 rings (SSSR count). The molecule has 0 saturated carbocycles. The monoisotopic (exact) mass is 591 g/mol. The van der Waals surface area contributed by atoms with Crippen LogP contribution in [0.15, 0.2) is 36.4 Å². The summed E-state index contributed by atoms with van der Waals surface area (Å²) >= 11 is 0. The van der Waals surface area contributed by atoms with Gasteiger partial charge in [-0.15, -0.1) is 20.2 Å². The van der Waals surface area contributed by atoms with Crippen LogP contribution in [0.3, 0.4) is 0 Å². The first-order valence-electron chi connectivity index (χ1n) is 11.3. The van der Waals surface area contributed by atoms with E-state index < -0.39 is 22.1 Å². The third-order valence-electron chi connectivity index (χ3n) is 4.35. The van der Waals surface area contributed by atoms with Crippen molar-refractivity contribution < 1.29 is 60.1 Å². The summed E-state index contributed by atoms with van der Waals surface area (Å²) < 4.78 is 10.6. The lowest BCUT2D eigenvalue weighted by Gasteiger charge is -2.20. The highest BCUT2D eigenvalue weighted by molar-refractivity contribution is 5.89. The van der Waals surface area contributed by atoms with Gasteiger partial charge in [-0.2, -0.15) is 0 Å². The van der Waals surface area contributed by atoms with Crippen LogP contribution in [-0.2, 0) is 9.59 Å². The molecular formula is C22H33N5O14. The largest absolute Gasteiger partial charge is 0.493 e. The van der Waals surface area contributed by atoms with Crippen molar-refractivity contribution in [1.82, 2.24) is 9.88 Å². The molecule has 0 spiro atoms. The molecule has 0 saturated heterocycles. The Bertz CT molecular complexity index is 1070. The van der Waals surface area contributed by atoms with E-state index >= 15 is 0 Å². The van der Waals surface area contributed by atoms with Crippen molar-refractivity contribution in [3.05, 3.63) is 56.6 Å². The molecule has 1 aromatic carbocycles. The van der Waals surface area contributed by atoms with E-state index in [0.29, 0.717) is 36.7 Å². The molecule has 0 atom stereocenters. The van der Waals surface area contributed by atoms with Crippen molar-refractivity contribution in [3.8, 4) is 11.5 Å². The van der Waals surface area contributed by atoms with E-state index in [0.717, 1.165) is 36.2 Å². The Balaban J connectivity index is 0. The number of rotatable bonds is 13. The third kappa shape index (κ3) is 21.6. The lowest BCUT2D eigenvalue weighted by molar-refractivity contribution is -0.742. The number of carboxylic acid groups (broad SMARTS) is 2. The number of hydrogen-bond acceptors (Lipinski definition) is 13. The second-order valence-corrected chi connectivity index (χ2v) is 7.15. The van der Waals surface area contributed by atoms with Crippen LogP contribution in [0.1, 0.15) is 6.42 Å². The number of pyridine rings is 1. The molecule has 0 fully saturated rings. The van der Waals surface area contributed by atoms with E-state index in [1.54, 1.807) is 14.2 Å². The summed E-state index contributed by atoms with van der Waals surface area (Å²) in [5.41, 5.74) is 0.838. The van der Waals surface area contributed by atoms with Crippen LogP contribution in [0.2, 0.25) is 0 Å². The Morgan fingerprint density at radius 1 is 0.927 bits per heavy atom. The van der Waals surface area contributed by atoms with Gasteiger partial charge in [0.1, 0.15) is 5.82 Å². The minimum atomic E-state index is -1.50. The second-order valence-electron chi connectivity index (χ2n) is 7.15. The van der Waals surface area contributed by atoms with E-state index in [-0.39, 0.29) is 13.2 Å². The molecule has 41 heavy (non-hydrogen) atoms. The average molecular weight is 592 g/mol. The van der Waals surface area contributed by atoms with Gasteiger partial charge in [0.15, 0.2) is 11.5 Å². The summed E-state index contributed by atoms with van der Waals surface area (Å²) in [6, 6.07) is 7.71. The number of aromatic nitrogens is 1. The molecule has 0 amide bonds. The van der Waals surface area contributed by atoms with Gasteiger partial charge in [0.05, 0.1) is 33.0 Å². The van der Waals surface area contributed by atoms with Crippen LogP contribution >= 0.6 is 0 Å². The Hall–Kier alpha value is -5.01. The zero-order valence-electron chi connectivity index (χ0n) is 22.2. The first kappa shape index (κ1) is 38.1. The fourth-order valence-corrected chi connectivity index (χ4v) is 2.83. The van der Waals surface area contributed by atoms with Crippen molar-refractivity contribution >= 4 is 28.7 Å². The van der Waals surface area contributed by atoms with Crippen LogP contribution < -0.4 is 14.8 Å². The molecule has 0 radical (unpaired) electrons. The molecule has 19 nitrogen and oxygen atoms in total. The highest BCUT2D eigenvalue weighted by atomic mass is 16.9. The third-order valence-corrected chi connectivity index (χ3v) is 4.35. The summed E-state index contributed by atoms with van der Waals surface area (Å²) in [5.74, 6) is -0.371. The Morgan fingerprint density at radius 3 is 1.80 bits per heavy atom. The number of methoxy groups -OCH3 is 2. The van der Waals surface area contributed by atoms with Gasteiger partial charge < -0.3 is 45.6 Å². The number of carboxylic acids is 2. The fourth-order valence-electron chi connectivity index (χ4n) is 2.83. The topological polar surface area (TPSA) is 288 Å². The zero-order valence-corrected chi connectivity index (χ0v) is 22.2. The highest BCUT2D eigenvalue weighted by Crippen LogP contribution is 2.31. The molecule has 0 bridgehead atoms. The number of ether oxygens (including phenoxy) is 2. The van der Waals surface area contributed by atoms with Crippen LogP contribution in [0.4, 0.5) is 5.82 Å². The van der Waals surface area contributed by atoms with E-state index in [1.165, 1.54) is 0 Å². The van der Waals surface area contributed by atoms with Crippen molar-refractivity contribution in [2.75, 3.05) is 58.9 Å². The van der Waals surface area contributed by atoms with Gasteiger partial charge in [0.25, 0.3) is 10.2 Å². The van der Waals surface area contributed by atoms with Crippen LogP contribution in [0, 0.1) is 20.2 Å². The van der Waals surface area contributed by atoms with E-state index in [9.17, 15) is 9.59 Å². The van der Waals surface area contributed by atoms with Gasteiger partial charge in [-0.1, -0.05) is 0 Å². The summed E-state index contributed by atoms with van der Waals surface area (Å²) in [4.78, 5) is 42.5. The first-order valence-corrected chi connectivity index (χ1v) is 11.3. The van der Waals surface area contributed by atoms with Gasteiger partial charge >= 0.3 is 11.9 Å². The van der Waals surface area contributed by atoms with Gasteiger partial charge in [-0.05, 0) is 31.2 Å². The van der Waals surface area contributed by atoms with Gasteiger partial charge in [-0.25, -0.2) is 14.6 Å². The van der Waals surface area contributed by atoms with Crippen LogP contribution in [0.5, 0.6) is 11.5 Å². The fraction of sp³-hybridized carbons (Fsp3) is 0.409. The molecule has 230 valence electrons. The molecule has 0 aliphatic heterocycles. The summed E-state index contributed by atoms with van der Waals surface area (Å²) in [5, 5.41) is 65.2. The number of aliphatic carboxylic acids is 2. The zero-order chi connectivity index (χ0) is 31.8. The molecule has 0 aliphatic rings. The normalized spacial score (nSPS) is 9.78. The number of hydrogen-bond donors (Lipinski definition) is 7. The number of aliphatic hydroxyl groups is 2. The predicted octanol–water partition coefficient (Wildman–Crippen LogP) is 0.357. The van der Waals surface area contributed by atoms with E-state index in [1.807, 2.05) is 29.2 Å². The Kier molecular flexibility index (Phi) is 21.3. The molecule has 1 aromatic heterocycles. The number of fused-ring (bicyclic) bond motifs is 1. The number of nitrogens with zero attached hydrogens (tertiary/aromatic N) is 4. The Morgan fingerprint density at radius 2 is 1.39 bits per heavy atom. The standard InChI is InChI=1S/C18H27N3O4.C4H4O4.2HNO3/c1-24-16-12-14-4-5-18(20-15(14)13-17(16)25-2)19-6-3-7-21(8-10-22)9-11-23;5-3(6)1-2-4(7)8;2*2-1(3)4/h4-5,12-13,22-23H,3,6-11H2,1-2H3,(H,19,20);1-2H,(H,5,6)(H,7,8);2*(H,2,3,4)/b;2-1+;;. The van der Waals surface area contributed by atoms with Crippen LogP contribution in [0.25, 0.3) is 10.9 Å². The molecule has 19 heteroatoms. The molecule has 0 aliphatic carbocycles. The van der Waals surface area contributed by atoms with Gasteiger partial charge in [-0.3, -0.25) is 4.90 Å². The summed E-state index contributed by atoms with van der Waals surface area (Å²) in [6.45, 7) is 2.94. The quantitative estimate of drug-likeness (QED) is 0.0715. The maximum absolute atomic E-state index is 9.55. The minimum absolute atomic E-state index is 0.102. The van der Waals surface area contributed by atoms with Gasteiger partial charge in [0, 0.05) is 43.2 Å². The molecule has 1 heterocycles. The lowest BCUT2D eigenvalue weighted by Crippen LogP contribution is -2.31. The highest BCUT2D eigenvalue weighted by Gasteiger charge is 2.08. The predicted molar refractivity (Wildman–Crippen MR) is 141 cm³/mol. The maximum atomic E-state index is 9.55. The van der Waals surface area contributed by atoms with Crippen LogP contribution in [-0.4, -0.2) is 116 Å². The number of aliphatic hydroxyl groups excluding tert-OH is 2. The average Bonchev–Trinajstić information content (AvgIpc) is 2.89. The number of benzene rings is 1. The smallest absolute Gasteiger partial charge is 0.328 e. The Labute approximate surface area is 232 Å². The van der Waals surface area contributed by atoms with E-state index in [2.05, 4.69) is 10.3 Å². The SMILES string of the molecule is COc1cc2ccc(NCCCN(CCO)CCO)nc2cc1OC.O=C(O)/C=C/C(=O)O.O=[N+]([O-])O.O=[N+]([O-])O. The van der Waals surface area contributed by atoms with Crippen molar-refractivity contribution in [2.24, 2.45) is 0 Å². The first-order chi connectivity index (χ1) is 19.3. The molecule has 2 aromatic rings. The summed E-state index contributed by atoms with van der Waals surface area (Å²) in [6.07, 6.45) is 2.01. The van der Waals surface area contributed by atoms with E-state index in [4.69, 9.17) is 60.5 Å². The summed E-state index contributed by atoms with van der Waals surface area (Å²) in [7, 11) is 3.22. The molecule has 7 N–H and O–H groups in total. The molecule has 0 unspecified atom stereocenters. The molecular weight excluding hydrogens is 558 g/mol. The lowest BCUT2D eigenvalue weighted by atomic mass is 10.2. The maximum Gasteiger partial charge on any atom is 0.328 e. The number of anilines is 1. The van der Waals surface area contributed by atoms with Crippen molar-refractivity contribution in [2.45, 2.75) is 6.42 Å². The number of nitrogens with one attached hydrogen (secondary N) is 1.